The van der Waals surface area contributed by atoms with Crippen LogP contribution in [0.5, 0.6) is 0 Å². The van der Waals surface area contributed by atoms with Crippen LogP contribution in [0.25, 0.3) is 5.57 Å². The topological polar surface area (TPSA) is 68.9 Å². The van der Waals surface area contributed by atoms with E-state index in [1.807, 2.05) is 0 Å². The Balaban J connectivity index is 1.99. The third-order valence-corrected chi connectivity index (χ3v) is 5.75. The van der Waals surface area contributed by atoms with E-state index in [2.05, 4.69) is 10.5 Å². The van der Waals surface area contributed by atoms with Gasteiger partial charge in [-0.1, -0.05) is 30.3 Å². The highest BCUT2D eigenvalue weighted by Gasteiger charge is 2.38. The molecule has 0 bridgehead atoms. The van der Waals surface area contributed by atoms with Crippen LogP contribution in [0.2, 0.25) is 0 Å². The van der Waals surface area contributed by atoms with Gasteiger partial charge in [0.25, 0.3) is 5.95 Å². The predicted molar refractivity (Wildman–Crippen MR) is 124 cm³/mol. The van der Waals surface area contributed by atoms with Crippen LogP contribution in [0, 0.1) is 5.92 Å². The van der Waals surface area contributed by atoms with E-state index in [9.17, 15) is 26.3 Å². The molecule has 36 heavy (non-hydrogen) atoms. The molecule has 0 amide bonds. The van der Waals surface area contributed by atoms with Gasteiger partial charge in [0.1, 0.15) is 11.9 Å². The molecule has 1 aliphatic rings. The molecule has 2 aromatic carbocycles. The fraction of sp³-hybridized carbons (Fsp3) is 0.375. The normalized spacial score (nSPS) is 18.0. The zero-order chi connectivity index (χ0) is 26.5. The molecule has 12 heteroatoms. The molecule has 1 heterocycles. The summed E-state index contributed by atoms with van der Waals surface area (Å²) in [6.45, 7) is 1.89. The lowest BCUT2D eigenvalue weighted by Gasteiger charge is -2.30. The first-order valence-electron chi connectivity index (χ1n) is 10.9. The number of amidine groups is 1. The summed E-state index contributed by atoms with van der Waals surface area (Å²) in [5, 5.41) is 3.96. The molecule has 3 rings (SSSR count). The summed E-state index contributed by atoms with van der Waals surface area (Å²) >= 11 is 5.63. The van der Waals surface area contributed by atoms with E-state index in [4.69, 9.17) is 26.8 Å². The molecule has 5 nitrogen and oxygen atoms in total. The third-order valence-electron chi connectivity index (χ3n) is 5.47. The van der Waals surface area contributed by atoms with Gasteiger partial charge >= 0.3 is 12.4 Å². The van der Waals surface area contributed by atoms with Crippen LogP contribution in [-0.2, 0) is 21.8 Å². The van der Waals surface area contributed by atoms with Crippen molar-refractivity contribution < 1.29 is 35.8 Å². The van der Waals surface area contributed by atoms with Crippen LogP contribution in [-0.4, -0.2) is 24.9 Å². The van der Waals surface area contributed by atoms with Gasteiger partial charge in [0.15, 0.2) is 0 Å². The number of ether oxygens (including phenoxy) is 2. The van der Waals surface area contributed by atoms with Crippen molar-refractivity contribution in [2.45, 2.75) is 31.8 Å². The number of hydrazone groups is 1. The molecule has 0 aromatic heterocycles. The SMILES string of the molecule is C[C@@H](OC1=C(c2ccccc2)[C@H](CNN=C(N)CCl)CCO1)c1cc(C(F)(F)F)cc(C(F)(F)F)c1. The largest absolute Gasteiger partial charge is 0.465 e. The lowest BCUT2D eigenvalue weighted by Crippen LogP contribution is -2.28. The second kappa shape index (κ2) is 11.3. The van der Waals surface area contributed by atoms with Crippen LogP contribution in [0.3, 0.4) is 0 Å². The van der Waals surface area contributed by atoms with Crippen molar-refractivity contribution in [1.29, 1.82) is 0 Å². The van der Waals surface area contributed by atoms with E-state index in [-0.39, 0.29) is 41.8 Å². The molecule has 3 N–H and O–H groups in total. The summed E-state index contributed by atoms with van der Waals surface area (Å²) < 4.78 is 91.5. The smallest absolute Gasteiger partial charge is 0.416 e. The second-order valence-electron chi connectivity index (χ2n) is 8.10. The first-order valence-corrected chi connectivity index (χ1v) is 11.4. The highest BCUT2D eigenvalue weighted by molar-refractivity contribution is 6.27. The number of nitrogens with zero attached hydrogens (tertiary/aromatic N) is 1. The van der Waals surface area contributed by atoms with E-state index in [1.54, 1.807) is 30.3 Å². The molecule has 2 aromatic rings. The molecule has 0 spiro atoms. The molecule has 0 radical (unpaired) electrons. The standard InChI is InChI=1S/C24H24ClF6N3O2/c1-14(17-9-18(23(26,27)28)11-19(10-17)24(29,30)31)36-22-21(15-5-3-2-4-6-15)16(7-8-35-22)13-33-34-20(32)12-25/h2-6,9-11,14,16,33H,7-8,12-13H2,1H3,(H2,32,34)/t14-,16+/m1/s1. The van der Waals surface area contributed by atoms with Crippen molar-refractivity contribution in [3.63, 3.8) is 0 Å². The average molecular weight is 536 g/mol. The van der Waals surface area contributed by atoms with Gasteiger partial charge in [0.2, 0.25) is 0 Å². The minimum atomic E-state index is -4.96. The Hall–Kier alpha value is -3.08. The highest BCUT2D eigenvalue weighted by Crippen LogP contribution is 2.40. The minimum Gasteiger partial charge on any atom is -0.465 e. The monoisotopic (exact) mass is 535 g/mol. The van der Waals surface area contributed by atoms with Gasteiger partial charge in [-0.2, -0.15) is 31.4 Å². The minimum absolute atomic E-state index is 0.0204. The molecular formula is C24H24ClF6N3O2. The molecule has 0 aliphatic carbocycles. The Morgan fingerprint density at radius 2 is 1.72 bits per heavy atom. The number of hydrogen-bond acceptors (Lipinski definition) is 4. The Kier molecular flexibility index (Phi) is 8.65. The molecule has 1 aliphatic heterocycles. The summed E-state index contributed by atoms with van der Waals surface area (Å²) in [4.78, 5) is 0. The number of hydrogen-bond donors (Lipinski definition) is 2. The van der Waals surface area contributed by atoms with Crippen molar-refractivity contribution in [3.8, 4) is 0 Å². The van der Waals surface area contributed by atoms with Gasteiger partial charge in [-0.25, -0.2) is 0 Å². The molecule has 2 atom stereocenters. The highest BCUT2D eigenvalue weighted by atomic mass is 35.5. The van der Waals surface area contributed by atoms with Gasteiger partial charge < -0.3 is 20.6 Å². The molecule has 0 unspecified atom stereocenters. The summed E-state index contributed by atoms with van der Waals surface area (Å²) in [7, 11) is 0. The zero-order valence-corrected chi connectivity index (χ0v) is 19.8. The molecule has 196 valence electrons. The van der Waals surface area contributed by atoms with Crippen LogP contribution >= 0.6 is 11.6 Å². The fourth-order valence-corrected chi connectivity index (χ4v) is 3.74. The van der Waals surface area contributed by atoms with E-state index in [1.165, 1.54) is 6.92 Å². The maximum atomic E-state index is 13.3. The summed E-state index contributed by atoms with van der Waals surface area (Å²) in [5.74, 6) is 0.0313. The Bertz CT molecular complexity index is 1070. The van der Waals surface area contributed by atoms with Crippen LogP contribution < -0.4 is 11.2 Å². The van der Waals surface area contributed by atoms with Crippen LogP contribution in [0.4, 0.5) is 26.3 Å². The number of nitrogens with two attached hydrogens (primary N) is 1. The summed E-state index contributed by atoms with van der Waals surface area (Å²) in [6, 6.07) is 10.3. The number of rotatable bonds is 8. The second-order valence-corrected chi connectivity index (χ2v) is 8.37. The van der Waals surface area contributed by atoms with Crippen LogP contribution in [0.15, 0.2) is 59.6 Å². The van der Waals surface area contributed by atoms with Crippen molar-refractivity contribution in [2.75, 3.05) is 19.0 Å². The van der Waals surface area contributed by atoms with E-state index in [0.29, 0.717) is 30.7 Å². The Labute approximate surface area is 208 Å². The number of nitrogens with one attached hydrogen (secondary N) is 1. The molecular weight excluding hydrogens is 512 g/mol. The lowest BCUT2D eigenvalue weighted by molar-refractivity contribution is -0.143. The maximum absolute atomic E-state index is 13.3. The maximum Gasteiger partial charge on any atom is 0.416 e. The Morgan fingerprint density at radius 1 is 1.11 bits per heavy atom. The summed E-state index contributed by atoms with van der Waals surface area (Å²) in [6.07, 6.45) is -10.6. The first-order chi connectivity index (χ1) is 16.9. The number of alkyl halides is 7. The van der Waals surface area contributed by atoms with Crippen molar-refractivity contribution in [2.24, 2.45) is 16.8 Å². The lowest BCUT2D eigenvalue weighted by atomic mass is 9.89. The predicted octanol–water partition coefficient (Wildman–Crippen LogP) is 6.31. The van der Waals surface area contributed by atoms with Gasteiger partial charge in [0.05, 0.1) is 23.6 Å². The van der Waals surface area contributed by atoms with Gasteiger partial charge in [-0.15, -0.1) is 11.6 Å². The Morgan fingerprint density at radius 3 is 2.28 bits per heavy atom. The third kappa shape index (κ3) is 6.99. The average Bonchev–Trinajstić information content (AvgIpc) is 2.83. The van der Waals surface area contributed by atoms with E-state index >= 15 is 0 Å². The zero-order valence-electron chi connectivity index (χ0n) is 19.1. The molecule has 0 saturated carbocycles. The van der Waals surface area contributed by atoms with Gasteiger partial charge in [-0.3, -0.25) is 0 Å². The van der Waals surface area contributed by atoms with Gasteiger partial charge in [0, 0.05) is 18.0 Å². The van der Waals surface area contributed by atoms with Crippen molar-refractivity contribution in [1.82, 2.24) is 5.43 Å². The summed E-state index contributed by atoms with van der Waals surface area (Å²) in [5.41, 5.74) is 6.66. The van der Waals surface area contributed by atoms with Crippen molar-refractivity contribution >= 4 is 23.0 Å². The molecule has 0 saturated heterocycles. The number of halogens is 7. The first kappa shape index (κ1) is 27.5. The number of benzene rings is 2. The van der Waals surface area contributed by atoms with Gasteiger partial charge in [-0.05, 0) is 42.7 Å². The fourth-order valence-electron chi connectivity index (χ4n) is 3.69. The van der Waals surface area contributed by atoms with E-state index < -0.39 is 29.6 Å². The quantitative estimate of drug-likeness (QED) is 0.137. The molecule has 0 fully saturated rings. The van der Waals surface area contributed by atoms with E-state index in [0.717, 1.165) is 5.56 Å². The van der Waals surface area contributed by atoms with Crippen LogP contribution in [0.1, 0.15) is 41.7 Å². The van der Waals surface area contributed by atoms with Crippen molar-refractivity contribution in [3.05, 3.63) is 76.7 Å².